The summed E-state index contributed by atoms with van der Waals surface area (Å²) >= 11 is 0. The van der Waals surface area contributed by atoms with E-state index in [0.717, 1.165) is 0 Å². The lowest BCUT2D eigenvalue weighted by Crippen LogP contribution is -2.33. The number of aliphatic hydroxyl groups excluding tert-OH is 1. The molecule has 0 bridgehead atoms. The fourth-order valence-electron chi connectivity index (χ4n) is 0.654. The Kier molecular flexibility index (Phi) is 4.51. The van der Waals surface area contributed by atoms with E-state index in [1.807, 2.05) is 0 Å². The first kappa shape index (κ1) is 11.1. The van der Waals surface area contributed by atoms with Crippen molar-refractivity contribution in [2.75, 3.05) is 6.61 Å². The number of ketones is 1. The molecule has 0 radical (unpaired) electrons. The Morgan fingerprint density at radius 1 is 1.50 bits per heavy atom. The quantitative estimate of drug-likeness (QED) is 0.615. The van der Waals surface area contributed by atoms with Crippen molar-refractivity contribution in [1.29, 1.82) is 0 Å². The SMILES string of the molecule is CCOC(=O)C(O)C(C)C(C)=O. The van der Waals surface area contributed by atoms with E-state index in [0.29, 0.717) is 0 Å². The molecule has 0 rings (SSSR count). The Labute approximate surface area is 71.5 Å². The molecule has 0 spiro atoms. The Hall–Kier alpha value is -0.900. The van der Waals surface area contributed by atoms with Gasteiger partial charge in [0.05, 0.1) is 12.5 Å². The van der Waals surface area contributed by atoms with Crippen molar-refractivity contribution in [3.05, 3.63) is 0 Å². The largest absolute Gasteiger partial charge is 0.464 e. The van der Waals surface area contributed by atoms with E-state index in [1.54, 1.807) is 6.92 Å². The fourth-order valence-corrected chi connectivity index (χ4v) is 0.654. The zero-order valence-electron chi connectivity index (χ0n) is 7.53. The molecule has 4 heteroatoms. The summed E-state index contributed by atoms with van der Waals surface area (Å²) in [6, 6.07) is 0. The lowest BCUT2D eigenvalue weighted by Gasteiger charge is -2.13. The molecular weight excluding hydrogens is 160 g/mol. The van der Waals surface area contributed by atoms with Crippen LogP contribution in [-0.2, 0) is 14.3 Å². The molecule has 0 aliphatic heterocycles. The lowest BCUT2D eigenvalue weighted by atomic mass is 10.0. The van der Waals surface area contributed by atoms with Gasteiger partial charge >= 0.3 is 5.97 Å². The molecule has 0 fully saturated rings. The van der Waals surface area contributed by atoms with Crippen LogP contribution < -0.4 is 0 Å². The van der Waals surface area contributed by atoms with Gasteiger partial charge in [-0.2, -0.15) is 0 Å². The van der Waals surface area contributed by atoms with Gasteiger partial charge in [-0.3, -0.25) is 4.79 Å². The molecule has 0 aromatic rings. The van der Waals surface area contributed by atoms with Gasteiger partial charge in [0.25, 0.3) is 0 Å². The van der Waals surface area contributed by atoms with Gasteiger partial charge in [-0.25, -0.2) is 4.79 Å². The Morgan fingerprint density at radius 2 is 2.00 bits per heavy atom. The van der Waals surface area contributed by atoms with Crippen LogP contribution in [0.2, 0.25) is 0 Å². The Balaban J connectivity index is 4.09. The highest BCUT2D eigenvalue weighted by molar-refractivity contribution is 5.86. The number of esters is 1. The van der Waals surface area contributed by atoms with Crippen molar-refractivity contribution in [1.82, 2.24) is 0 Å². The van der Waals surface area contributed by atoms with E-state index in [2.05, 4.69) is 4.74 Å². The maximum atomic E-state index is 10.9. The van der Waals surface area contributed by atoms with E-state index in [4.69, 9.17) is 0 Å². The number of Topliss-reactive ketones (excluding diaryl/α,β-unsaturated/α-hetero) is 1. The smallest absolute Gasteiger partial charge is 0.335 e. The summed E-state index contributed by atoms with van der Waals surface area (Å²) in [6.45, 7) is 4.67. The number of carbonyl (C=O) groups is 2. The zero-order chi connectivity index (χ0) is 9.72. The van der Waals surface area contributed by atoms with Gasteiger partial charge in [0, 0.05) is 0 Å². The fraction of sp³-hybridized carbons (Fsp3) is 0.750. The molecule has 0 aromatic carbocycles. The molecule has 0 saturated heterocycles. The average Bonchev–Trinajstić information content (AvgIpc) is 2.02. The predicted molar refractivity (Wildman–Crippen MR) is 42.5 cm³/mol. The average molecular weight is 174 g/mol. The van der Waals surface area contributed by atoms with E-state index < -0.39 is 18.0 Å². The number of hydrogen-bond acceptors (Lipinski definition) is 4. The first-order chi connectivity index (χ1) is 5.50. The molecule has 12 heavy (non-hydrogen) atoms. The number of ether oxygens (including phenoxy) is 1. The van der Waals surface area contributed by atoms with Crippen LogP contribution in [0.5, 0.6) is 0 Å². The third-order valence-electron chi connectivity index (χ3n) is 1.64. The van der Waals surface area contributed by atoms with Crippen LogP contribution >= 0.6 is 0 Å². The molecule has 0 saturated carbocycles. The number of rotatable bonds is 4. The van der Waals surface area contributed by atoms with Gasteiger partial charge in [0.1, 0.15) is 5.78 Å². The van der Waals surface area contributed by atoms with Crippen LogP contribution in [0.1, 0.15) is 20.8 Å². The first-order valence-electron chi connectivity index (χ1n) is 3.85. The molecule has 0 aliphatic rings. The Bertz CT molecular complexity index is 176. The van der Waals surface area contributed by atoms with Gasteiger partial charge in [-0.15, -0.1) is 0 Å². The summed E-state index contributed by atoms with van der Waals surface area (Å²) in [4.78, 5) is 21.6. The molecule has 2 unspecified atom stereocenters. The van der Waals surface area contributed by atoms with Gasteiger partial charge in [-0.1, -0.05) is 6.92 Å². The van der Waals surface area contributed by atoms with Gasteiger partial charge in [0.15, 0.2) is 6.10 Å². The molecule has 0 heterocycles. The summed E-state index contributed by atoms with van der Waals surface area (Å²) in [5.41, 5.74) is 0. The predicted octanol–water partition coefficient (Wildman–Crippen LogP) is 0.135. The minimum atomic E-state index is -1.33. The second-order valence-corrected chi connectivity index (χ2v) is 2.60. The first-order valence-corrected chi connectivity index (χ1v) is 3.85. The Morgan fingerprint density at radius 3 is 2.33 bits per heavy atom. The second-order valence-electron chi connectivity index (χ2n) is 2.60. The van der Waals surface area contributed by atoms with Crippen molar-refractivity contribution >= 4 is 11.8 Å². The number of aliphatic hydroxyl groups is 1. The van der Waals surface area contributed by atoms with E-state index in [1.165, 1.54) is 13.8 Å². The number of hydrogen-bond donors (Lipinski definition) is 1. The van der Waals surface area contributed by atoms with Crippen LogP contribution in [0, 0.1) is 5.92 Å². The van der Waals surface area contributed by atoms with Gasteiger partial charge in [0.2, 0.25) is 0 Å². The second kappa shape index (κ2) is 4.87. The highest BCUT2D eigenvalue weighted by Gasteiger charge is 2.26. The van der Waals surface area contributed by atoms with Crippen molar-refractivity contribution < 1.29 is 19.4 Å². The molecule has 1 N–H and O–H groups in total. The standard InChI is InChI=1S/C8H14O4/c1-4-12-8(11)7(10)5(2)6(3)9/h5,7,10H,4H2,1-3H3. The van der Waals surface area contributed by atoms with Gasteiger partial charge in [-0.05, 0) is 13.8 Å². The topological polar surface area (TPSA) is 63.6 Å². The third-order valence-corrected chi connectivity index (χ3v) is 1.64. The lowest BCUT2D eigenvalue weighted by molar-refractivity contribution is -0.157. The van der Waals surface area contributed by atoms with E-state index in [9.17, 15) is 14.7 Å². The molecular formula is C8H14O4. The van der Waals surface area contributed by atoms with Crippen molar-refractivity contribution in [3.8, 4) is 0 Å². The van der Waals surface area contributed by atoms with Crippen molar-refractivity contribution in [2.45, 2.75) is 26.9 Å². The summed E-state index contributed by atoms with van der Waals surface area (Å²) in [6.07, 6.45) is -1.33. The van der Waals surface area contributed by atoms with Crippen molar-refractivity contribution in [3.63, 3.8) is 0 Å². The molecule has 4 nitrogen and oxygen atoms in total. The van der Waals surface area contributed by atoms with Crippen molar-refractivity contribution in [2.24, 2.45) is 5.92 Å². The highest BCUT2D eigenvalue weighted by atomic mass is 16.5. The third kappa shape index (κ3) is 3.00. The summed E-state index contributed by atoms with van der Waals surface area (Å²) in [7, 11) is 0. The molecule has 0 aromatic heterocycles. The minimum Gasteiger partial charge on any atom is -0.464 e. The van der Waals surface area contributed by atoms with E-state index >= 15 is 0 Å². The molecule has 0 aliphatic carbocycles. The van der Waals surface area contributed by atoms with E-state index in [-0.39, 0.29) is 12.4 Å². The number of carbonyl (C=O) groups excluding carboxylic acids is 2. The van der Waals surface area contributed by atoms with Crippen LogP contribution in [-0.4, -0.2) is 29.6 Å². The molecule has 2 atom stereocenters. The maximum absolute atomic E-state index is 10.9. The summed E-state index contributed by atoms with van der Waals surface area (Å²) in [5, 5.41) is 9.19. The highest BCUT2D eigenvalue weighted by Crippen LogP contribution is 2.05. The maximum Gasteiger partial charge on any atom is 0.335 e. The monoisotopic (exact) mass is 174 g/mol. The molecule has 0 amide bonds. The minimum absolute atomic E-state index is 0.209. The van der Waals surface area contributed by atoms with Crippen LogP contribution in [0.4, 0.5) is 0 Å². The van der Waals surface area contributed by atoms with Gasteiger partial charge < -0.3 is 9.84 Å². The van der Waals surface area contributed by atoms with Crippen LogP contribution in [0.25, 0.3) is 0 Å². The summed E-state index contributed by atoms with van der Waals surface area (Å²) in [5.74, 6) is -1.65. The normalized spacial score (nSPS) is 15.0. The van der Waals surface area contributed by atoms with Crippen LogP contribution in [0.3, 0.4) is 0 Å². The summed E-state index contributed by atoms with van der Waals surface area (Å²) < 4.78 is 4.53. The molecule has 70 valence electrons. The van der Waals surface area contributed by atoms with Crippen LogP contribution in [0.15, 0.2) is 0 Å². The zero-order valence-corrected chi connectivity index (χ0v) is 7.53.